The molecule has 3 heterocycles. The van der Waals surface area contributed by atoms with E-state index in [9.17, 15) is 26.4 Å². The number of aromatic nitrogens is 1. The first-order valence-electron chi connectivity index (χ1n) is 8.43. The van der Waals surface area contributed by atoms with Gasteiger partial charge in [0.05, 0.1) is 17.1 Å². The molecule has 0 spiro atoms. The van der Waals surface area contributed by atoms with E-state index in [0.29, 0.717) is 39.0 Å². The van der Waals surface area contributed by atoms with E-state index in [1.807, 2.05) is 0 Å². The van der Waals surface area contributed by atoms with Crippen molar-refractivity contribution in [3.63, 3.8) is 0 Å². The zero-order valence-electron chi connectivity index (χ0n) is 14.1. The van der Waals surface area contributed by atoms with E-state index in [1.54, 1.807) is 4.90 Å². The first kappa shape index (κ1) is 19.1. The summed E-state index contributed by atoms with van der Waals surface area (Å²) in [6.07, 6.45) is -2.34. The van der Waals surface area contributed by atoms with Crippen molar-refractivity contribution in [2.45, 2.75) is 25.1 Å². The maximum atomic E-state index is 12.5. The number of amides is 1. The van der Waals surface area contributed by atoms with Crippen LogP contribution in [0.25, 0.3) is 0 Å². The molecule has 0 saturated carbocycles. The third kappa shape index (κ3) is 4.35. The summed E-state index contributed by atoms with van der Waals surface area (Å²) < 4.78 is 60.7. The fourth-order valence-electron chi connectivity index (χ4n) is 3.40. The van der Waals surface area contributed by atoms with Crippen LogP contribution in [-0.2, 0) is 16.0 Å². The topological polar surface area (TPSA) is 70.6 Å². The molecule has 0 aliphatic carbocycles. The van der Waals surface area contributed by atoms with Crippen molar-refractivity contribution >= 4 is 15.7 Å². The third-order valence-corrected chi connectivity index (χ3v) is 6.66. The van der Waals surface area contributed by atoms with Crippen molar-refractivity contribution in [1.29, 1.82) is 0 Å². The van der Waals surface area contributed by atoms with Crippen LogP contribution in [0, 0.1) is 0 Å². The van der Waals surface area contributed by atoms with Crippen LogP contribution in [0.1, 0.15) is 28.9 Å². The Morgan fingerprint density at radius 2 is 1.69 bits per heavy atom. The molecule has 2 aliphatic heterocycles. The summed E-state index contributed by atoms with van der Waals surface area (Å²) in [5.74, 6) is 0.0688. The van der Waals surface area contributed by atoms with E-state index in [-0.39, 0.29) is 29.0 Å². The van der Waals surface area contributed by atoms with Crippen LogP contribution in [0.5, 0.6) is 0 Å². The quantitative estimate of drug-likeness (QED) is 0.763. The zero-order chi connectivity index (χ0) is 18.9. The number of hydrogen-bond acceptors (Lipinski definition) is 5. The Hall–Kier alpha value is -1.68. The van der Waals surface area contributed by atoms with Crippen LogP contribution < -0.4 is 0 Å². The summed E-state index contributed by atoms with van der Waals surface area (Å²) in [5.41, 5.74) is -0.888. The van der Waals surface area contributed by atoms with Gasteiger partial charge in [-0.15, -0.1) is 0 Å². The van der Waals surface area contributed by atoms with Crippen molar-refractivity contribution in [3.05, 3.63) is 29.6 Å². The first-order valence-corrected chi connectivity index (χ1v) is 10.2. The van der Waals surface area contributed by atoms with Gasteiger partial charge in [-0.25, -0.2) is 8.42 Å². The number of nitrogens with zero attached hydrogens (tertiary/aromatic N) is 3. The summed E-state index contributed by atoms with van der Waals surface area (Å²) >= 11 is 0. The highest BCUT2D eigenvalue weighted by atomic mass is 32.2. The molecule has 2 aliphatic rings. The van der Waals surface area contributed by atoms with Crippen LogP contribution in [0.15, 0.2) is 18.3 Å². The van der Waals surface area contributed by atoms with Gasteiger partial charge in [0.25, 0.3) is 5.91 Å². The van der Waals surface area contributed by atoms with Crippen molar-refractivity contribution in [3.8, 4) is 0 Å². The van der Waals surface area contributed by atoms with Gasteiger partial charge in [-0.2, -0.15) is 13.2 Å². The van der Waals surface area contributed by atoms with Gasteiger partial charge in [0, 0.05) is 38.4 Å². The Labute approximate surface area is 149 Å². The molecule has 2 saturated heterocycles. The predicted molar refractivity (Wildman–Crippen MR) is 88.4 cm³/mol. The largest absolute Gasteiger partial charge is 0.433 e. The average Bonchev–Trinajstić information content (AvgIpc) is 2.61. The van der Waals surface area contributed by atoms with E-state index in [1.165, 1.54) is 0 Å². The van der Waals surface area contributed by atoms with Crippen LogP contribution in [0.2, 0.25) is 0 Å². The smallest absolute Gasteiger partial charge is 0.336 e. The molecule has 0 unspecified atom stereocenters. The third-order valence-electron chi connectivity index (χ3n) is 4.94. The Kier molecular flexibility index (Phi) is 5.25. The number of piperazine rings is 1. The predicted octanol–water partition coefficient (Wildman–Crippen LogP) is 1.44. The van der Waals surface area contributed by atoms with E-state index in [4.69, 9.17) is 0 Å². The van der Waals surface area contributed by atoms with Gasteiger partial charge in [-0.1, -0.05) is 0 Å². The molecular formula is C16H20F3N3O3S. The molecule has 3 rings (SSSR count). The number of hydrogen-bond donors (Lipinski definition) is 0. The number of halogens is 3. The Morgan fingerprint density at radius 3 is 2.19 bits per heavy atom. The number of carbonyl (C=O) groups is 1. The molecule has 0 aromatic carbocycles. The van der Waals surface area contributed by atoms with Crippen molar-refractivity contribution in [1.82, 2.24) is 14.8 Å². The fourth-order valence-corrected chi connectivity index (χ4v) is 4.87. The van der Waals surface area contributed by atoms with Gasteiger partial charge >= 0.3 is 6.18 Å². The summed E-state index contributed by atoms with van der Waals surface area (Å²) in [7, 11) is -2.91. The highest BCUT2D eigenvalue weighted by Gasteiger charge is 2.33. The highest BCUT2D eigenvalue weighted by Crippen LogP contribution is 2.27. The molecule has 0 atom stereocenters. The summed E-state index contributed by atoms with van der Waals surface area (Å²) in [4.78, 5) is 19.6. The molecule has 6 nitrogen and oxygen atoms in total. The Bertz CT molecular complexity index is 743. The number of carbonyl (C=O) groups excluding carboxylic acids is 1. The summed E-state index contributed by atoms with van der Waals surface area (Å²) in [5, 5.41) is 0. The lowest BCUT2D eigenvalue weighted by Gasteiger charge is -2.40. The molecule has 144 valence electrons. The second-order valence-corrected chi connectivity index (χ2v) is 8.94. The molecule has 1 amide bonds. The number of rotatable bonds is 2. The molecule has 10 heteroatoms. The maximum Gasteiger partial charge on any atom is 0.433 e. The number of sulfone groups is 1. The minimum Gasteiger partial charge on any atom is -0.336 e. The Morgan fingerprint density at radius 1 is 1.08 bits per heavy atom. The lowest BCUT2D eigenvalue weighted by molar-refractivity contribution is -0.141. The van der Waals surface area contributed by atoms with Gasteiger partial charge in [0.15, 0.2) is 0 Å². The van der Waals surface area contributed by atoms with Gasteiger partial charge in [0.1, 0.15) is 15.5 Å². The monoisotopic (exact) mass is 391 g/mol. The second-order valence-electron chi connectivity index (χ2n) is 6.64. The van der Waals surface area contributed by atoms with Crippen LogP contribution in [0.3, 0.4) is 0 Å². The van der Waals surface area contributed by atoms with Gasteiger partial charge in [-0.3, -0.25) is 14.7 Å². The molecule has 1 aromatic heterocycles. The molecular weight excluding hydrogens is 371 g/mol. The summed E-state index contributed by atoms with van der Waals surface area (Å²) in [6, 6.07) is 2.17. The highest BCUT2D eigenvalue weighted by molar-refractivity contribution is 7.91. The maximum absolute atomic E-state index is 12.5. The van der Waals surface area contributed by atoms with Crippen molar-refractivity contribution in [2.75, 3.05) is 37.7 Å². The lowest BCUT2D eigenvalue weighted by atomic mass is 10.1. The van der Waals surface area contributed by atoms with Gasteiger partial charge < -0.3 is 4.90 Å². The second kappa shape index (κ2) is 7.15. The molecule has 0 radical (unpaired) electrons. The van der Waals surface area contributed by atoms with Crippen LogP contribution in [-0.4, -0.2) is 72.8 Å². The van der Waals surface area contributed by atoms with Crippen LogP contribution >= 0.6 is 0 Å². The summed E-state index contributed by atoms with van der Waals surface area (Å²) in [6.45, 7) is 2.18. The fraction of sp³-hybridized carbons (Fsp3) is 0.625. The SMILES string of the molecule is O=C(c1ccc(C(F)(F)F)nc1)N1CCN(C2CCS(=O)(=O)CC2)CC1. The van der Waals surface area contributed by atoms with E-state index >= 15 is 0 Å². The minimum absolute atomic E-state index is 0.134. The first-order chi connectivity index (χ1) is 12.2. The normalized spacial score (nSPS) is 22.3. The number of alkyl halides is 3. The molecule has 0 bridgehead atoms. The van der Waals surface area contributed by atoms with E-state index in [0.717, 1.165) is 18.3 Å². The lowest BCUT2D eigenvalue weighted by Crippen LogP contribution is -2.53. The zero-order valence-corrected chi connectivity index (χ0v) is 14.9. The molecule has 1 aromatic rings. The van der Waals surface area contributed by atoms with Crippen LogP contribution in [0.4, 0.5) is 13.2 Å². The van der Waals surface area contributed by atoms with Crippen molar-refractivity contribution in [2.24, 2.45) is 0 Å². The molecule has 0 N–H and O–H groups in total. The van der Waals surface area contributed by atoms with Gasteiger partial charge in [0.2, 0.25) is 0 Å². The van der Waals surface area contributed by atoms with Crippen molar-refractivity contribution < 1.29 is 26.4 Å². The molecule has 26 heavy (non-hydrogen) atoms. The average molecular weight is 391 g/mol. The molecule has 2 fully saturated rings. The Balaban J connectivity index is 1.55. The minimum atomic E-state index is -4.53. The van der Waals surface area contributed by atoms with E-state index < -0.39 is 21.7 Å². The van der Waals surface area contributed by atoms with Gasteiger partial charge in [-0.05, 0) is 25.0 Å². The standard InChI is InChI=1S/C16H20F3N3O3S/c17-16(18,19)14-2-1-12(11-20-14)15(23)22-7-5-21(6-8-22)13-3-9-26(24,25)10-4-13/h1-2,11,13H,3-10H2. The van der Waals surface area contributed by atoms with E-state index in [2.05, 4.69) is 9.88 Å². The number of pyridine rings is 1.